The van der Waals surface area contributed by atoms with E-state index >= 15 is 0 Å². The fraction of sp³-hybridized carbons (Fsp3) is 0.345. The van der Waals surface area contributed by atoms with Crippen LogP contribution in [0.2, 0.25) is 0 Å². The highest BCUT2D eigenvalue weighted by molar-refractivity contribution is 6.06. The summed E-state index contributed by atoms with van der Waals surface area (Å²) < 4.78 is 83.8. The van der Waals surface area contributed by atoms with E-state index in [1.807, 2.05) is 0 Å². The third kappa shape index (κ3) is 4.78. The van der Waals surface area contributed by atoms with Crippen molar-refractivity contribution in [2.45, 2.75) is 55.8 Å². The number of carbonyl (C=O) groups excluding carboxylic acids is 3. The average molecular weight is 604 g/mol. The lowest BCUT2D eigenvalue weighted by Crippen LogP contribution is -2.60. The van der Waals surface area contributed by atoms with Crippen LogP contribution in [0.5, 0.6) is 0 Å². The summed E-state index contributed by atoms with van der Waals surface area (Å²) >= 11 is 0. The molecule has 3 aliphatic rings. The van der Waals surface area contributed by atoms with Crippen LogP contribution in [0.3, 0.4) is 0 Å². The van der Waals surface area contributed by atoms with E-state index in [4.69, 9.17) is 0 Å². The number of amides is 3. The Kier molecular flexibility index (Phi) is 6.69. The number of fused-ring (bicyclic) bond motifs is 3. The van der Waals surface area contributed by atoms with E-state index in [-0.39, 0.29) is 24.3 Å². The number of alkyl halides is 3. The molecule has 2 N–H and O–H groups in total. The molecule has 2 aliphatic heterocycles. The lowest BCUT2D eigenvalue weighted by atomic mass is 9.80. The molecule has 0 saturated carbocycles. The van der Waals surface area contributed by atoms with Gasteiger partial charge in [0, 0.05) is 47.6 Å². The van der Waals surface area contributed by atoms with Crippen LogP contribution in [-0.4, -0.2) is 57.4 Å². The van der Waals surface area contributed by atoms with Gasteiger partial charge in [-0.1, -0.05) is 6.07 Å². The lowest BCUT2D eigenvalue weighted by Gasteiger charge is -2.43. The highest BCUT2D eigenvalue weighted by Gasteiger charge is 2.52. The van der Waals surface area contributed by atoms with Crippen molar-refractivity contribution in [2.24, 2.45) is 0 Å². The van der Waals surface area contributed by atoms with Gasteiger partial charge in [-0.2, -0.15) is 13.2 Å². The van der Waals surface area contributed by atoms with Crippen LogP contribution in [0, 0.1) is 17.5 Å². The highest BCUT2D eigenvalue weighted by Crippen LogP contribution is 2.46. The van der Waals surface area contributed by atoms with Crippen LogP contribution in [0.4, 0.5) is 32.2 Å². The molecule has 0 unspecified atom stereocenters. The van der Waals surface area contributed by atoms with Gasteiger partial charge in [-0.05, 0) is 49.6 Å². The second-order valence-electron chi connectivity index (χ2n) is 11.1. The normalized spacial score (nSPS) is 24.6. The molecule has 2 aromatic heterocycles. The number of hydrogen-bond acceptors (Lipinski definition) is 5. The van der Waals surface area contributed by atoms with Crippen molar-refractivity contribution in [3.63, 3.8) is 0 Å². The summed E-state index contributed by atoms with van der Waals surface area (Å²) in [5.41, 5.74) is 0.0460. The molecule has 1 spiro atoms. The smallest absolute Gasteiger partial charge is 0.340 e. The van der Waals surface area contributed by atoms with Gasteiger partial charge in [-0.3, -0.25) is 19.4 Å². The van der Waals surface area contributed by atoms with E-state index in [2.05, 4.69) is 20.6 Å². The maximum absolute atomic E-state index is 14.7. The molecular formula is C29H23F6N5O3. The minimum absolute atomic E-state index is 0.0333. The number of pyridine rings is 2. The first-order valence-corrected chi connectivity index (χ1v) is 13.4. The van der Waals surface area contributed by atoms with E-state index in [0.29, 0.717) is 39.7 Å². The van der Waals surface area contributed by atoms with Crippen LogP contribution in [-0.2, 0) is 27.8 Å². The minimum Gasteiger partial charge on any atom is -0.340 e. The third-order valence-electron chi connectivity index (χ3n) is 8.52. The molecule has 0 bridgehead atoms. The Labute approximate surface area is 240 Å². The molecule has 14 heteroatoms. The Balaban J connectivity index is 1.28. The Bertz CT molecular complexity index is 1680. The Hall–Kier alpha value is -4.49. The second-order valence-corrected chi connectivity index (χ2v) is 11.1. The van der Waals surface area contributed by atoms with Crippen molar-refractivity contribution in [2.75, 3.05) is 11.9 Å². The summed E-state index contributed by atoms with van der Waals surface area (Å²) in [4.78, 5) is 48.4. The predicted octanol–water partition coefficient (Wildman–Crippen LogP) is 3.95. The number of benzene rings is 1. The van der Waals surface area contributed by atoms with Crippen LogP contribution in [0.25, 0.3) is 0 Å². The van der Waals surface area contributed by atoms with E-state index < -0.39 is 77.4 Å². The van der Waals surface area contributed by atoms with Gasteiger partial charge in [-0.25, -0.2) is 18.2 Å². The van der Waals surface area contributed by atoms with Gasteiger partial charge in [0.25, 0.3) is 5.91 Å². The quantitative estimate of drug-likeness (QED) is 0.348. The molecule has 0 radical (unpaired) electrons. The summed E-state index contributed by atoms with van der Waals surface area (Å²) in [5, 5.41) is 5.14. The molecule has 1 saturated heterocycles. The minimum atomic E-state index is -4.86. The van der Waals surface area contributed by atoms with E-state index in [0.717, 1.165) is 0 Å². The van der Waals surface area contributed by atoms with Gasteiger partial charge in [0.1, 0.15) is 24.2 Å². The van der Waals surface area contributed by atoms with Crippen LogP contribution < -0.4 is 10.6 Å². The highest BCUT2D eigenvalue weighted by atomic mass is 19.4. The number of nitrogens with zero attached hydrogens (tertiary/aromatic N) is 3. The summed E-state index contributed by atoms with van der Waals surface area (Å²) in [6.07, 6.45) is -2.11. The topological polar surface area (TPSA) is 104 Å². The number of piperidine rings is 1. The fourth-order valence-corrected chi connectivity index (χ4v) is 6.43. The number of hydrogen-bond donors (Lipinski definition) is 2. The average Bonchev–Trinajstić information content (AvgIpc) is 3.47. The number of anilines is 1. The van der Waals surface area contributed by atoms with Crippen LogP contribution >= 0.6 is 0 Å². The molecule has 6 rings (SSSR count). The molecule has 1 aromatic carbocycles. The molecule has 3 amide bonds. The van der Waals surface area contributed by atoms with Crippen molar-refractivity contribution in [1.82, 2.24) is 20.2 Å². The summed E-state index contributed by atoms with van der Waals surface area (Å²) in [6, 6.07) is 3.19. The Morgan fingerprint density at radius 1 is 1.12 bits per heavy atom. The van der Waals surface area contributed by atoms with Gasteiger partial charge < -0.3 is 15.5 Å². The van der Waals surface area contributed by atoms with Gasteiger partial charge in [0.2, 0.25) is 11.8 Å². The van der Waals surface area contributed by atoms with Crippen molar-refractivity contribution < 1.29 is 40.7 Å². The van der Waals surface area contributed by atoms with E-state index in [1.165, 1.54) is 19.2 Å². The van der Waals surface area contributed by atoms with Crippen molar-refractivity contribution in [3.8, 4) is 0 Å². The van der Waals surface area contributed by atoms with Crippen molar-refractivity contribution in [1.29, 1.82) is 0 Å². The maximum atomic E-state index is 14.7. The first-order valence-electron chi connectivity index (χ1n) is 13.4. The van der Waals surface area contributed by atoms with Crippen LogP contribution in [0.15, 0.2) is 42.7 Å². The predicted molar refractivity (Wildman–Crippen MR) is 138 cm³/mol. The van der Waals surface area contributed by atoms with E-state index in [9.17, 15) is 40.7 Å². The first-order chi connectivity index (χ1) is 20.3. The molecule has 4 heterocycles. The van der Waals surface area contributed by atoms with Crippen LogP contribution in [0.1, 0.15) is 52.0 Å². The molecule has 1 fully saturated rings. The largest absolute Gasteiger partial charge is 0.406 e. The van der Waals surface area contributed by atoms with Crippen molar-refractivity contribution >= 4 is 23.5 Å². The zero-order chi connectivity index (χ0) is 30.8. The number of carbonyl (C=O) groups is 3. The summed E-state index contributed by atoms with van der Waals surface area (Å²) in [5.74, 6) is -7.38. The fourth-order valence-electron chi connectivity index (χ4n) is 6.43. The van der Waals surface area contributed by atoms with Gasteiger partial charge in [0.15, 0.2) is 11.6 Å². The SMILES string of the molecule is C[C@@H]1[C@@H](c2c(F)ccc(F)c2F)C[C@@H](NC(=O)c2cnc3c(c2)C[C@@]2(C3)C(=O)Nc3ncccc32)C(=O)N1CC(F)(F)F. The molecule has 43 heavy (non-hydrogen) atoms. The monoisotopic (exact) mass is 603 g/mol. The number of nitrogens with one attached hydrogen (secondary N) is 2. The number of halogens is 6. The second kappa shape index (κ2) is 10.1. The molecular weight excluding hydrogens is 580 g/mol. The number of likely N-dealkylation sites (tertiary alicyclic amines) is 1. The van der Waals surface area contributed by atoms with Crippen molar-refractivity contribution in [3.05, 3.63) is 88.1 Å². The molecule has 8 nitrogen and oxygen atoms in total. The standard InChI is InChI=1S/C29H23F6N5O3/c1-13-16(22-18(30)4-5-19(31)23(22)32)8-20(26(42)40(13)12-29(33,34)35)38-25(41)15-7-14-9-28(10-21(14)37-11-15)17-3-2-6-36-24(17)39-27(28)43/h2-7,11,13,16,20H,8-10,12H2,1H3,(H,38,41)(H,36,39,43)/t13-,16+,20-,28+/m1/s1. The van der Waals surface area contributed by atoms with Gasteiger partial charge >= 0.3 is 6.18 Å². The maximum Gasteiger partial charge on any atom is 0.406 e. The Morgan fingerprint density at radius 3 is 2.60 bits per heavy atom. The molecule has 1 aliphatic carbocycles. The zero-order valence-electron chi connectivity index (χ0n) is 22.4. The molecule has 3 aromatic rings. The lowest BCUT2D eigenvalue weighted by molar-refractivity contribution is -0.170. The summed E-state index contributed by atoms with van der Waals surface area (Å²) in [7, 11) is 0. The Morgan fingerprint density at radius 2 is 1.86 bits per heavy atom. The summed E-state index contributed by atoms with van der Waals surface area (Å²) in [6.45, 7) is -0.557. The number of aromatic nitrogens is 2. The molecule has 224 valence electrons. The van der Waals surface area contributed by atoms with Gasteiger partial charge in [0.05, 0.1) is 11.0 Å². The number of rotatable bonds is 4. The van der Waals surface area contributed by atoms with Gasteiger partial charge in [-0.15, -0.1) is 0 Å². The first kappa shape index (κ1) is 28.6. The van der Waals surface area contributed by atoms with E-state index in [1.54, 1.807) is 18.3 Å². The zero-order valence-corrected chi connectivity index (χ0v) is 22.4. The third-order valence-corrected chi connectivity index (χ3v) is 8.52. The molecule has 4 atom stereocenters.